The quantitative estimate of drug-likeness (QED) is 0.766. The Morgan fingerprint density at radius 2 is 1.95 bits per heavy atom. The standard InChI is InChI=1S/C15H18O4/c1-11-9-14(16)18-8-7-13(15(17)19-11)10-12-5-3-2-4-6-12/h2-6,11,13H,7-10H2,1H3. The Bertz CT molecular complexity index is 441. The molecule has 4 nitrogen and oxygen atoms in total. The number of carbonyl (C=O) groups excluding carboxylic acids is 2. The second-order valence-electron chi connectivity index (χ2n) is 4.85. The van der Waals surface area contributed by atoms with Crippen LogP contribution in [0.3, 0.4) is 0 Å². The normalized spacial score (nSPS) is 24.7. The summed E-state index contributed by atoms with van der Waals surface area (Å²) in [6, 6.07) is 9.79. The summed E-state index contributed by atoms with van der Waals surface area (Å²) >= 11 is 0. The highest BCUT2D eigenvalue weighted by molar-refractivity contribution is 5.75. The Balaban J connectivity index is 2.05. The molecule has 19 heavy (non-hydrogen) atoms. The number of hydrogen-bond acceptors (Lipinski definition) is 4. The first-order valence-electron chi connectivity index (χ1n) is 6.55. The third kappa shape index (κ3) is 4.09. The first-order chi connectivity index (χ1) is 9.15. The molecule has 2 unspecified atom stereocenters. The van der Waals surface area contributed by atoms with Crippen molar-refractivity contribution in [2.75, 3.05) is 6.61 Å². The summed E-state index contributed by atoms with van der Waals surface area (Å²) < 4.78 is 10.4. The summed E-state index contributed by atoms with van der Waals surface area (Å²) in [6.45, 7) is 1.99. The van der Waals surface area contributed by atoms with Gasteiger partial charge in [-0.2, -0.15) is 0 Å². The second-order valence-corrected chi connectivity index (χ2v) is 4.85. The molecule has 2 atom stereocenters. The molecule has 0 aromatic heterocycles. The molecule has 102 valence electrons. The van der Waals surface area contributed by atoms with Crippen LogP contribution < -0.4 is 0 Å². The van der Waals surface area contributed by atoms with Crippen LogP contribution in [0.1, 0.15) is 25.3 Å². The van der Waals surface area contributed by atoms with E-state index in [0.29, 0.717) is 12.8 Å². The largest absolute Gasteiger partial charge is 0.466 e. The monoisotopic (exact) mass is 262 g/mol. The molecule has 2 rings (SSSR count). The minimum absolute atomic E-state index is 0.129. The van der Waals surface area contributed by atoms with Gasteiger partial charge in [-0.15, -0.1) is 0 Å². The van der Waals surface area contributed by atoms with Gasteiger partial charge in [0.15, 0.2) is 0 Å². The number of carbonyl (C=O) groups is 2. The van der Waals surface area contributed by atoms with Crippen LogP contribution in [0, 0.1) is 5.92 Å². The van der Waals surface area contributed by atoms with Gasteiger partial charge in [-0.1, -0.05) is 30.3 Å². The predicted octanol–water partition coefficient (Wildman–Crippen LogP) is 2.11. The van der Waals surface area contributed by atoms with Gasteiger partial charge in [0.25, 0.3) is 0 Å². The van der Waals surface area contributed by atoms with Crippen LogP contribution in [0.25, 0.3) is 0 Å². The van der Waals surface area contributed by atoms with E-state index in [1.807, 2.05) is 30.3 Å². The van der Waals surface area contributed by atoms with Gasteiger partial charge in [0.05, 0.1) is 18.9 Å². The van der Waals surface area contributed by atoms with Crippen LogP contribution in [-0.4, -0.2) is 24.6 Å². The Kier molecular flexibility index (Phi) is 4.55. The first kappa shape index (κ1) is 13.6. The molecule has 0 N–H and O–H groups in total. The zero-order chi connectivity index (χ0) is 13.7. The molecule has 0 bridgehead atoms. The van der Waals surface area contributed by atoms with E-state index in [-0.39, 0.29) is 30.9 Å². The van der Waals surface area contributed by atoms with Gasteiger partial charge in [-0.25, -0.2) is 0 Å². The Morgan fingerprint density at radius 1 is 1.21 bits per heavy atom. The lowest BCUT2D eigenvalue weighted by Crippen LogP contribution is -2.24. The van der Waals surface area contributed by atoms with Crippen molar-refractivity contribution in [2.45, 2.75) is 32.3 Å². The lowest BCUT2D eigenvalue weighted by molar-refractivity contribution is -0.154. The Labute approximate surface area is 112 Å². The second kappa shape index (κ2) is 6.36. The van der Waals surface area contributed by atoms with Crippen molar-refractivity contribution in [1.82, 2.24) is 0 Å². The average Bonchev–Trinajstić information content (AvgIpc) is 2.42. The summed E-state index contributed by atoms with van der Waals surface area (Å²) in [6.07, 6.45) is 0.830. The number of hydrogen-bond donors (Lipinski definition) is 0. The molecule has 0 radical (unpaired) electrons. The molecular formula is C15H18O4. The molecule has 1 aliphatic heterocycles. The van der Waals surface area contributed by atoms with Crippen molar-refractivity contribution >= 4 is 11.9 Å². The van der Waals surface area contributed by atoms with Gasteiger partial charge in [-0.3, -0.25) is 9.59 Å². The van der Waals surface area contributed by atoms with E-state index in [9.17, 15) is 9.59 Å². The van der Waals surface area contributed by atoms with Crippen LogP contribution in [0.4, 0.5) is 0 Å². The van der Waals surface area contributed by atoms with Crippen molar-refractivity contribution < 1.29 is 19.1 Å². The van der Waals surface area contributed by atoms with Gasteiger partial charge >= 0.3 is 11.9 Å². The number of rotatable bonds is 2. The summed E-state index contributed by atoms with van der Waals surface area (Å²) in [7, 11) is 0. The average molecular weight is 262 g/mol. The van der Waals surface area contributed by atoms with E-state index in [1.165, 1.54) is 0 Å². The van der Waals surface area contributed by atoms with Crippen LogP contribution in [-0.2, 0) is 25.5 Å². The molecule has 1 aromatic carbocycles. The number of ether oxygens (including phenoxy) is 2. The van der Waals surface area contributed by atoms with Gasteiger partial charge in [0.1, 0.15) is 6.10 Å². The molecule has 1 saturated heterocycles. The zero-order valence-electron chi connectivity index (χ0n) is 11.0. The zero-order valence-corrected chi connectivity index (χ0v) is 11.0. The molecule has 1 aliphatic rings. The third-order valence-corrected chi connectivity index (χ3v) is 3.16. The fraction of sp³-hybridized carbons (Fsp3) is 0.467. The van der Waals surface area contributed by atoms with Crippen molar-refractivity contribution in [2.24, 2.45) is 5.92 Å². The van der Waals surface area contributed by atoms with Crippen molar-refractivity contribution in [3.05, 3.63) is 35.9 Å². The van der Waals surface area contributed by atoms with Crippen LogP contribution in [0.2, 0.25) is 0 Å². The highest BCUT2D eigenvalue weighted by atomic mass is 16.6. The van der Waals surface area contributed by atoms with Crippen LogP contribution >= 0.6 is 0 Å². The third-order valence-electron chi connectivity index (χ3n) is 3.16. The van der Waals surface area contributed by atoms with E-state index < -0.39 is 6.10 Å². The van der Waals surface area contributed by atoms with Crippen molar-refractivity contribution in [3.8, 4) is 0 Å². The molecule has 1 fully saturated rings. The van der Waals surface area contributed by atoms with E-state index >= 15 is 0 Å². The lowest BCUT2D eigenvalue weighted by Gasteiger charge is -2.16. The maximum atomic E-state index is 12.1. The minimum Gasteiger partial charge on any atom is -0.466 e. The summed E-state index contributed by atoms with van der Waals surface area (Å²) in [5.41, 5.74) is 1.09. The number of esters is 2. The van der Waals surface area contributed by atoms with Crippen molar-refractivity contribution in [1.29, 1.82) is 0 Å². The van der Waals surface area contributed by atoms with Crippen LogP contribution in [0.15, 0.2) is 30.3 Å². The molecular weight excluding hydrogens is 244 g/mol. The smallest absolute Gasteiger partial charge is 0.309 e. The lowest BCUT2D eigenvalue weighted by atomic mass is 9.96. The van der Waals surface area contributed by atoms with E-state index in [1.54, 1.807) is 6.92 Å². The van der Waals surface area contributed by atoms with Crippen molar-refractivity contribution in [3.63, 3.8) is 0 Å². The fourth-order valence-electron chi connectivity index (χ4n) is 2.15. The first-order valence-corrected chi connectivity index (χ1v) is 6.55. The molecule has 0 aliphatic carbocycles. The van der Waals surface area contributed by atoms with E-state index in [4.69, 9.17) is 9.47 Å². The van der Waals surface area contributed by atoms with E-state index in [0.717, 1.165) is 5.56 Å². The molecule has 0 saturated carbocycles. The topological polar surface area (TPSA) is 52.6 Å². The molecule has 1 aromatic rings. The van der Waals surface area contributed by atoms with Gasteiger partial charge in [0, 0.05) is 0 Å². The van der Waals surface area contributed by atoms with E-state index in [2.05, 4.69) is 0 Å². The highest BCUT2D eigenvalue weighted by Crippen LogP contribution is 2.18. The van der Waals surface area contributed by atoms with Gasteiger partial charge < -0.3 is 9.47 Å². The summed E-state index contributed by atoms with van der Waals surface area (Å²) in [4.78, 5) is 23.4. The summed E-state index contributed by atoms with van der Waals surface area (Å²) in [5.74, 6) is -0.800. The number of cyclic esters (lactones) is 2. The van der Waals surface area contributed by atoms with Gasteiger partial charge in [-0.05, 0) is 25.3 Å². The molecule has 4 heteroatoms. The summed E-state index contributed by atoms with van der Waals surface area (Å²) in [5, 5.41) is 0. The Morgan fingerprint density at radius 3 is 2.68 bits per heavy atom. The predicted molar refractivity (Wildman–Crippen MR) is 69.4 cm³/mol. The SMILES string of the molecule is CC1CC(=O)OCCC(Cc2ccccc2)C(=O)O1. The highest BCUT2D eigenvalue weighted by Gasteiger charge is 2.26. The molecule has 0 spiro atoms. The fourth-order valence-corrected chi connectivity index (χ4v) is 2.15. The van der Waals surface area contributed by atoms with Gasteiger partial charge in [0.2, 0.25) is 0 Å². The maximum Gasteiger partial charge on any atom is 0.309 e. The minimum atomic E-state index is -0.420. The van der Waals surface area contributed by atoms with Crippen LogP contribution in [0.5, 0.6) is 0 Å². The molecule has 1 heterocycles. The number of benzene rings is 1. The Hall–Kier alpha value is -1.84. The maximum absolute atomic E-state index is 12.1. The molecule has 0 amide bonds.